The Balaban J connectivity index is 2.17. The van der Waals surface area contributed by atoms with Crippen LogP contribution >= 0.6 is 0 Å². The summed E-state index contributed by atoms with van der Waals surface area (Å²) in [6, 6.07) is 10.3. The van der Waals surface area contributed by atoms with Crippen molar-refractivity contribution < 1.29 is 9.53 Å². The fourth-order valence-corrected chi connectivity index (χ4v) is 2.14. The molecule has 2 unspecified atom stereocenters. The van der Waals surface area contributed by atoms with Gasteiger partial charge in [-0.3, -0.25) is 4.79 Å². The Labute approximate surface area is 128 Å². The van der Waals surface area contributed by atoms with Crippen molar-refractivity contribution in [1.82, 2.24) is 10.6 Å². The van der Waals surface area contributed by atoms with Gasteiger partial charge in [-0.2, -0.15) is 0 Å². The Kier molecular flexibility index (Phi) is 8.71. The summed E-state index contributed by atoms with van der Waals surface area (Å²) in [7, 11) is 1.67. The third kappa shape index (κ3) is 7.25. The molecule has 1 rings (SSSR count). The van der Waals surface area contributed by atoms with Gasteiger partial charge >= 0.3 is 0 Å². The topological polar surface area (TPSA) is 50.4 Å². The first-order valence-corrected chi connectivity index (χ1v) is 7.70. The monoisotopic (exact) mass is 292 g/mol. The molecule has 0 aromatic heterocycles. The van der Waals surface area contributed by atoms with E-state index in [1.165, 1.54) is 5.56 Å². The van der Waals surface area contributed by atoms with Gasteiger partial charge in [-0.05, 0) is 37.8 Å². The molecule has 0 saturated carbocycles. The van der Waals surface area contributed by atoms with Crippen molar-refractivity contribution in [3.63, 3.8) is 0 Å². The number of nitrogens with one attached hydrogen (secondary N) is 2. The lowest BCUT2D eigenvalue weighted by Crippen LogP contribution is -2.43. The molecule has 0 saturated heterocycles. The summed E-state index contributed by atoms with van der Waals surface area (Å²) >= 11 is 0. The zero-order valence-electron chi connectivity index (χ0n) is 13.4. The number of ether oxygens (including phenoxy) is 1. The smallest absolute Gasteiger partial charge is 0.236 e. The highest BCUT2D eigenvalue weighted by molar-refractivity contribution is 5.81. The van der Waals surface area contributed by atoms with Crippen LogP contribution in [0.5, 0.6) is 0 Å². The summed E-state index contributed by atoms with van der Waals surface area (Å²) < 4.78 is 4.95. The van der Waals surface area contributed by atoms with Crippen LogP contribution in [0.15, 0.2) is 30.3 Å². The lowest BCUT2D eigenvalue weighted by molar-refractivity contribution is -0.122. The summed E-state index contributed by atoms with van der Waals surface area (Å²) in [6.45, 7) is 6.30. The molecule has 1 amide bonds. The molecule has 0 radical (unpaired) electrons. The van der Waals surface area contributed by atoms with Gasteiger partial charge in [0.25, 0.3) is 0 Å². The van der Waals surface area contributed by atoms with Crippen LogP contribution in [-0.2, 0) is 9.53 Å². The molecule has 2 N–H and O–H groups in total. The normalized spacial score (nSPS) is 13.7. The highest BCUT2D eigenvalue weighted by Gasteiger charge is 2.12. The van der Waals surface area contributed by atoms with Crippen molar-refractivity contribution in [2.75, 3.05) is 26.8 Å². The van der Waals surface area contributed by atoms with Gasteiger partial charge in [-0.25, -0.2) is 0 Å². The molecule has 0 bridgehead atoms. The van der Waals surface area contributed by atoms with E-state index in [-0.39, 0.29) is 11.9 Å². The molecule has 0 spiro atoms. The van der Waals surface area contributed by atoms with Gasteiger partial charge < -0.3 is 15.4 Å². The first-order chi connectivity index (χ1) is 10.1. The van der Waals surface area contributed by atoms with E-state index in [1.54, 1.807) is 7.11 Å². The zero-order chi connectivity index (χ0) is 15.5. The van der Waals surface area contributed by atoms with Gasteiger partial charge in [0.1, 0.15) is 0 Å². The fourth-order valence-electron chi connectivity index (χ4n) is 2.14. The van der Waals surface area contributed by atoms with Gasteiger partial charge in [0.2, 0.25) is 5.91 Å². The zero-order valence-corrected chi connectivity index (χ0v) is 13.4. The maximum atomic E-state index is 11.8. The van der Waals surface area contributed by atoms with Gasteiger partial charge in [0.05, 0.1) is 6.04 Å². The van der Waals surface area contributed by atoms with Crippen LogP contribution in [0.25, 0.3) is 0 Å². The molecule has 1 aromatic rings. The minimum Gasteiger partial charge on any atom is -0.385 e. The van der Waals surface area contributed by atoms with Gasteiger partial charge in [-0.1, -0.05) is 37.3 Å². The first kappa shape index (κ1) is 17.7. The van der Waals surface area contributed by atoms with Crippen molar-refractivity contribution >= 4 is 5.91 Å². The predicted molar refractivity (Wildman–Crippen MR) is 86.4 cm³/mol. The molecule has 0 aliphatic rings. The van der Waals surface area contributed by atoms with Crippen LogP contribution in [0.2, 0.25) is 0 Å². The fraction of sp³-hybridized carbons (Fsp3) is 0.588. The molecule has 0 heterocycles. The molecule has 118 valence electrons. The number of rotatable bonds is 10. The first-order valence-electron chi connectivity index (χ1n) is 7.70. The number of methoxy groups -OCH3 is 1. The molecule has 4 heteroatoms. The number of carbonyl (C=O) groups excluding carboxylic acids is 1. The summed E-state index contributed by atoms with van der Waals surface area (Å²) in [5.41, 5.74) is 1.34. The number of hydrogen-bond acceptors (Lipinski definition) is 3. The second-order valence-corrected chi connectivity index (χ2v) is 5.41. The van der Waals surface area contributed by atoms with Crippen molar-refractivity contribution in [3.05, 3.63) is 35.9 Å². The Morgan fingerprint density at radius 2 is 1.90 bits per heavy atom. The molecule has 4 nitrogen and oxygen atoms in total. The van der Waals surface area contributed by atoms with E-state index < -0.39 is 0 Å². The summed E-state index contributed by atoms with van der Waals surface area (Å²) in [5.74, 6) is 0.550. The minimum absolute atomic E-state index is 0.0541. The van der Waals surface area contributed by atoms with Crippen molar-refractivity contribution in [1.29, 1.82) is 0 Å². The predicted octanol–water partition coefficient (Wildman–Crippen LogP) is 2.31. The molecule has 0 aliphatic carbocycles. The number of hydrogen-bond donors (Lipinski definition) is 2. The van der Waals surface area contributed by atoms with E-state index in [4.69, 9.17) is 4.74 Å². The lowest BCUT2D eigenvalue weighted by atomic mass is 9.98. The molecule has 1 aromatic carbocycles. The van der Waals surface area contributed by atoms with E-state index in [0.717, 1.165) is 19.4 Å². The molecular formula is C17H28N2O2. The molecule has 0 fully saturated rings. The van der Waals surface area contributed by atoms with Gasteiger partial charge in [0, 0.05) is 20.3 Å². The highest BCUT2D eigenvalue weighted by atomic mass is 16.5. The molecule has 0 aliphatic heterocycles. The van der Waals surface area contributed by atoms with E-state index in [0.29, 0.717) is 19.1 Å². The summed E-state index contributed by atoms with van der Waals surface area (Å²) in [4.78, 5) is 11.8. The summed E-state index contributed by atoms with van der Waals surface area (Å²) in [5, 5.41) is 6.19. The van der Waals surface area contributed by atoms with Crippen LogP contribution < -0.4 is 10.6 Å². The van der Waals surface area contributed by atoms with Crippen molar-refractivity contribution in [2.45, 2.75) is 38.6 Å². The second-order valence-electron chi connectivity index (χ2n) is 5.41. The minimum atomic E-state index is -0.157. The van der Waals surface area contributed by atoms with Crippen molar-refractivity contribution in [3.8, 4) is 0 Å². The van der Waals surface area contributed by atoms with Crippen LogP contribution in [0.3, 0.4) is 0 Å². The second kappa shape index (κ2) is 10.4. The van der Waals surface area contributed by atoms with Gasteiger partial charge in [-0.15, -0.1) is 0 Å². The molecule has 2 atom stereocenters. The number of benzene rings is 1. The van der Waals surface area contributed by atoms with Crippen molar-refractivity contribution in [2.24, 2.45) is 0 Å². The Morgan fingerprint density at radius 1 is 1.19 bits per heavy atom. The Hall–Kier alpha value is -1.39. The van der Waals surface area contributed by atoms with E-state index in [1.807, 2.05) is 13.0 Å². The average molecular weight is 292 g/mol. The van der Waals surface area contributed by atoms with Crippen LogP contribution in [0, 0.1) is 0 Å². The maximum Gasteiger partial charge on any atom is 0.236 e. The Bertz CT molecular complexity index is 395. The van der Waals surface area contributed by atoms with Gasteiger partial charge in [0.15, 0.2) is 0 Å². The average Bonchev–Trinajstić information content (AvgIpc) is 2.52. The molecular weight excluding hydrogens is 264 g/mol. The van der Waals surface area contributed by atoms with E-state index in [2.05, 4.69) is 41.8 Å². The van der Waals surface area contributed by atoms with E-state index >= 15 is 0 Å². The lowest BCUT2D eigenvalue weighted by Gasteiger charge is -2.16. The third-order valence-electron chi connectivity index (χ3n) is 3.61. The van der Waals surface area contributed by atoms with Crippen LogP contribution in [0.1, 0.15) is 38.2 Å². The van der Waals surface area contributed by atoms with Crippen LogP contribution in [0.4, 0.5) is 0 Å². The molecule has 21 heavy (non-hydrogen) atoms. The van der Waals surface area contributed by atoms with E-state index in [9.17, 15) is 4.79 Å². The summed E-state index contributed by atoms with van der Waals surface area (Å²) in [6.07, 6.45) is 1.87. The standard InChI is InChI=1S/C17H28N2O2/c1-14(16-8-5-4-6-9-16)10-12-18-15(2)17(20)19-11-7-13-21-3/h4-6,8-9,14-15,18H,7,10-13H2,1-3H3,(H,19,20). The highest BCUT2D eigenvalue weighted by Crippen LogP contribution is 2.17. The quantitative estimate of drug-likeness (QED) is 0.651. The Morgan fingerprint density at radius 3 is 2.57 bits per heavy atom. The SMILES string of the molecule is COCCCNC(=O)C(C)NCCC(C)c1ccccc1. The van der Waals surface area contributed by atoms with Crippen LogP contribution in [-0.4, -0.2) is 38.8 Å². The maximum absolute atomic E-state index is 11.8. The third-order valence-corrected chi connectivity index (χ3v) is 3.61. The largest absolute Gasteiger partial charge is 0.385 e. The number of amides is 1. The number of carbonyl (C=O) groups is 1.